The first kappa shape index (κ1) is 14.8. The molecular weight excluding hydrogens is 275 g/mol. The minimum atomic E-state index is -4.54. The second-order valence-electron chi connectivity index (χ2n) is 2.25. The second-order valence-corrected chi connectivity index (χ2v) is 3.47. The number of alkyl halides is 3. The van der Waals surface area contributed by atoms with E-state index in [2.05, 4.69) is 0 Å². The number of hydrogen-bond acceptors (Lipinski definition) is 1. The molecule has 86 valence electrons. The van der Waals surface area contributed by atoms with E-state index in [1.807, 2.05) is 0 Å². The molecule has 0 aliphatic carbocycles. The van der Waals surface area contributed by atoms with E-state index in [1.54, 1.807) is 0 Å². The molecule has 15 heavy (non-hydrogen) atoms. The number of aliphatic hydroxyl groups excluding tert-OH is 1. The third-order valence-electron chi connectivity index (χ3n) is 1.30. The lowest BCUT2D eigenvalue weighted by molar-refractivity contribution is -0.137. The maximum absolute atomic E-state index is 12.2. The van der Waals surface area contributed by atoms with Crippen LogP contribution in [0.3, 0.4) is 0 Å². The van der Waals surface area contributed by atoms with E-state index < -0.39 is 16.8 Å². The largest absolute Gasteiger partial charge is 0.417 e. The van der Waals surface area contributed by atoms with Crippen molar-refractivity contribution in [1.82, 2.24) is 0 Å². The Labute approximate surface area is 99.4 Å². The van der Waals surface area contributed by atoms with E-state index in [9.17, 15) is 13.2 Å². The lowest BCUT2D eigenvalue weighted by atomic mass is 10.2. The smallest absolute Gasteiger partial charge is 0.400 e. The maximum atomic E-state index is 12.2. The van der Waals surface area contributed by atoms with Crippen molar-refractivity contribution in [2.45, 2.75) is 6.18 Å². The summed E-state index contributed by atoms with van der Waals surface area (Å²) in [4.78, 5) is 0. The number of hydrogen-bond donors (Lipinski definition) is 1. The molecule has 0 atom stereocenters. The van der Waals surface area contributed by atoms with Gasteiger partial charge in [0.2, 0.25) is 0 Å². The summed E-state index contributed by atoms with van der Waals surface area (Å²) in [5, 5.41) is 6.17. The standard InChI is InChI=1S/C7H2Cl3F3.CH4O/c8-3-1-4(7(11,12)13)6(10)5(9)2-3;1-2/h1-2H;2H,1H3. The van der Waals surface area contributed by atoms with E-state index in [-0.39, 0.29) is 10.0 Å². The third kappa shape index (κ3) is 4.07. The molecule has 1 nitrogen and oxygen atoms in total. The zero-order valence-electron chi connectivity index (χ0n) is 7.37. The molecule has 0 fully saturated rings. The van der Waals surface area contributed by atoms with Gasteiger partial charge in [0.15, 0.2) is 0 Å². The molecule has 0 aliphatic heterocycles. The van der Waals surface area contributed by atoms with Gasteiger partial charge < -0.3 is 5.11 Å². The molecule has 1 aromatic carbocycles. The molecule has 1 N–H and O–H groups in total. The predicted octanol–water partition coefficient (Wildman–Crippen LogP) is 4.27. The molecule has 0 heterocycles. The zero-order chi connectivity index (χ0) is 12.2. The minimum absolute atomic E-state index is 0.0956. The molecule has 0 radical (unpaired) electrons. The Bertz CT molecular complexity index is 339. The molecule has 0 saturated heterocycles. The molecule has 7 heteroatoms. The highest BCUT2D eigenvalue weighted by Gasteiger charge is 2.34. The molecule has 1 aromatic rings. The van der Waals surface area contributed by atoms with Crippen LogP contribution < -0.4 is 0 Å². The molecule has 0 saturated carbocycles. The van der Waals surface area contributed by atoms with Crippen LogP contribution in [-0.2, 0) is 6.18 Å². The first-order chi connectivity index (χ1) is 6.82. The fourth-order valence-corrected chi connectivity index (χ4v) is 1.47. The quantitative estimate of drug-likeness (QED) is 0.704. The van der Waals surface area contributed by atoms with E-state index in [0.29, 0.717) is 0 Å². The monoisotopic (exact) mass is 280 g/mol. The normalized spacial score (nSPS) is 10.7. The highest BCUT2D eigenvalue weighted by molar-refractivity contribution is 6.43. The number of rotatable bonds is 0. The summed E-state index contributed by atoms with van der Waals surface area (Å²) in [5.41, 5.74) is -1.02. The zero-order valence-corrected chi connectivity index (χ0v) is 9.64. The lowest BCUT2D eigenvalue weighted by Crippen LogP contribution is -2.05. The predicted molar refractivity (Wildman–Crippen MR) is 54.6 cm³/mol. The highest BCUT2D eigenvalue weighted by atomic mass is 35.5. The highest BCUT2D eigenvalue weighted by Crippen LogP contribution is 2.39. The topological polar surface area (TPSA) is 20.2 Å². The maximum Gasteiger partial charge on any atom is 0.417 e. The van der Waals surface area contributed by atoms with Crippen molar-refractivity contribution in [3.63, 3.8) is 0 Å². The Balaban J connectivity index is 0.000000921. The summed E-state index contributed by atoms with van der Waals surface area (Å²) in [6.07, 6.45) is -4.54. The van der Waals surface area contributed by atoms with Crippen LogP contribution in [-0.4, -0.2) is 12.2 Å². The first-order valence-electron chi connectivity index (χ1n) is 3.49. The van der Waals surface area contributed by atoms with Gasteiger partial charge in [0.05, 0.1) is 15.6 Å². The average Bonchev–Trinajstić information content (AvgIpc) is 2.13. The molecule has 0 aromatic heterocycles. The van der Waals surface area contributed by atoms with Crippen molar-refractivity contribution >= 4 is 34.8 Å². The van der Waals surface area contributed by atoms with Crippen LogP contribution in [0.2, 0.25) is 15.1 Å². The van der Waals surface area contributed by atoms with Crippen LogP contribution in [0.15, 0.2) is 12.1 Å². The van der Waals surface area contributed by atoms with Gasteiger partial charge in [-0.1, -0.05) is 34.8 Å². The van der Waals surface area contributed by atoms with Gasteiger partial charge in [0.1, 0.15) is 0 Å². The van der Waals surface area contributed by atoms with E-state index in [4.69, 9.17) is 39.9 Å². The van der Waals surface area contributed by atoms with Gasteiger partial charge in [0, 0.05) is 12.1 Å². The minimum Gasteiger partial charge on any atom is -0.400 e. The van der Waals surface area contributed by atoms with Crippen LogP contribution >= 0.6 is 34.8 Å². The molecule has 0 aliphatic rings. The Morgan fingerprint density at radius 2 is 1.53 bits per heavy atom. The second kappa shape index (κ2) is 5.80. The molecule has 0 unspecified atom stereocenters. The summed E-state index contributed by atoms with van der Waals surface area (Å²) >= 11 is 16.1. The van der Waals surface area contributed by atoms with Crippen molar-refractivity contribution < 1.29 is 18.3 Å². The van der Waals surface area contributed by atoms with Crippen molar-refractivity contribution in [2.24, 2.45) is 0 Å². The van der Waals surface area contributed by atoms with Crippen LogP contribution in [0, 0.1) is 0 Å². The van der Waals surface area contributed by atoms with Crippen molar-refractivity contribution in [3.8, 4) is 0 Å². The van der Waals surface area contributed by atoms with Gasteiger partial charge in [-0.2, -0.15) is 13.2 Å². The van der Waals surface area contributed by atoms with Gasteiger partial charge in [0.25, 0.3) is 0 Å². The van der Waals surface area contributed by atoms with Gasteiger partial charge >= 0.3 is 6.18 Å². The van der Waals surface area contributed by atoms with E-state index >= 15 is 0 Å². The first-order valence-corrected chi connectivity index (χ1v) is 4.62. The number of aliphatic hydroxyl groups is 1. The summed E-state index contributed by atoms with van der Waals surface area (Å²) in [6, 6.07) is 1.89. The fourth-order valence-electron chi connectivity index (χ4n) is 0.762. The Morgan fingerprint density at radius 3 is 1.93 bits per heavy atom. The van der Waals surface area contributed by atoms with Crippen molar-refractivity contribution in [3.05, 3.63) is 32.8 Å². The summed E-state index contributed by atoms with van der Waals surface area (Å²) in [7, 11) is 1.00. The van der Waals surface area contributed by atoms with E-state index in [1.165, 1.54) is 0 Å². The molecule has 0 spiro atoms. The lowest BCUT2D eigenvalue weighted by Gasteiger charge is -2.09. The molecule has 0 amide bonds. The summed E-state index contributed by atoms with van der Waals surface area (Å²) in [5.74, 6) is 0. The third-order valence-corrected chi connectivity index (χ3v) is 2.32. The van der Waals surface area contributed by atoms with E-state index in [0.717, 1.165) is 19.2 Å². The molecular formula is C8H6Cl3F3O. The summed E-state index contributed by atoms with van der Waals surface area (Å²) in [6.45, 7) is 0. The van der Waals surface area contributed by atoms with Gasteiger partial charge in [-0.25, -0.2) is 0 Å². The Morgan fingerprint density at radius 1 is 1.07 bits per heavy atom. The Hall–Kier alpha value is -0.160. The van der Waals surface area contributed by atoms with Crippen molar-refractivity contribution in [2.75, 3.05) is 7.11 Å². The summed E-state index contributed by atoms with van der Waals surface area (Å²) < 4.78 is 36.6. The van der Waals surface area contributed by atoms with Gasteiger partial charge in [-0.05, 0) is 12.1 Å². The molecule has 1 rings (SSSR count). The van der Waals surface area contributed by atoms with Gasteiger partial charge in [-0.15, -0.1) is 0 Å². The van der Waals surface area contributed by atoms with Crippen LogP contribution in [0.25, 0.3) is 0 Å². The van der Waals surface area contributed by atoms with Gasteiger partial charge in [-0.3, -0.25) is 0 Å². The van der Waals surface area contributed by atoms with Crippen LogP contribution in [0.4, 0.5) is 13.2 Å². The molecule has 0 bridgehead atoms. The number of benzene rings is 1. The van der Waals surface area contributed by atoms with Crippen molar-refractivity contribution in [1.29, 1.82) is 0 Å². The average molecular weight is 281 g/mol. The number of halogens is 6. The van der Waals surface area contributed by atoms with Crippen LogP contribution in [0.1, 0.15) is 5.56 Å². The van der Waals surface area contributed by atoms with Crippen LogP contribution in [0.5, 0.6) is 0 Å². The Kier molecular flexibility index (Phi) is 5.73. The SMILES string of the molecule is CO.FC(F)(F)c1cc(Cl)cc(Cl)c1Cl. The fraction of sp³-hybridized carbons (Fsp3) is 0.250.